The third kappa shape index (κ3) is 2.71. The van der Waals surface area contributed by atoms with Gasteiger partial charge in [0.25, 0.3) is 0 Å². The van der Waals surface area contributed by atoms with Crippen LogP contribution in [0.15, 0.2) is 24.5 Å². The monoisotopic (exact) mass is 253 g/mol. The van der Waals surface area contributed by atoms with Gasteiger partial charge in [-0.05, 0) is 31.5 Å². The number of nitrogens with one attached hydrogen (secondary N) is 1. The molecule has 2 rings (SSSR count). The second-order valence-electron chi connectivity index (χ2n) is 3.59. The van der Waals surface area contributed by atoms with E-state index in [9.17, 15) is 0 Å². The molecule has 0 aliphatic heterocycles. The fourth-order valence-corrected chi connectivity index (χ4v) is 2.36. The highest BCUT2D eigenvalue weighted by Crippen LogP contribution is 2.28. The fraction of sp³-hybridized carbons (Fsp3) is 0.273. The van der Waals surface area contributed by atoms with Crippen molar-refractivity contribution in [3.8, 4) is 0 Å². The van der Waals surface area contributed by atoms with E-state index < -0.39 is 0 Å². The first kappa shape index (κ1) is 11.4. The molecule has 0 spiro atoms. The Kier molecular flexibility index (Phi) is 3.41. The fourth-order valence-electron chi connectivity index (χ4n) is 1.29. The Morgan fingerprint density at radius 2 is 2.00 bits per heavy atom. The van der Waals surface area contributed by atoms with Gasteiger partial charge in [0, 0.05) is 17.3 Å². The number of rotatable bonds is 3. The van der Waals surface area contributed by atoms with Crippen LogP contribution in [-0.4, -0.2) is 9.97 Å². The zero-order chi connectivity index (χ0) is 11.5. The largest absolute Gasteiger partial charge is 0.347 e. The summed E-state index contributed by atoms with van der Waals surface area (Å²) < 4.78 is 0.800. The second kappa shape index (κ2) is 4.80. The van der Waals surface area contributed by atoms with Gasteiger partial charge in [-0.15, -0.1) is 11.3 Å². The maximum Gasteiger partial charge on any atom is 0.223 e. The minimum absolute atomic E-state index is 0.167. The van der Waals surface area contributed by atoms with Crippen molar-refractivity contribution >= 4 is 28.9 Å². The summed E-state index contributed by atoms with van der Waals surface area (Å²) in [4.78, 5) is 9.58. The number of hydrogen-bond acceptors (Lipinski definition) is 4. The minimum atomic E-state index is 0.167. The average molecular weight is 254 g/mol. The average Bonchev–Trinajstić information content (AvgIpc) is 2.68. The van der Waals surface area contributed by atoms with Gasteiger partial charge in [-0.2, -0.15) is 0 Å². The molecule has 0 radical (unpaired) electrons. The van der Waals surface area contributed by atoms with E-state index in [2.05, 4.69) is 22.2 Å². The molecule has 16 heavy (non-hydrogen) atoms. The van der Waals surface area contributed by atoms with Crippen LogP contribution >= 0.6 is 22.9 Å². The highest BCUT2D eigenvalue weighted by Gasteiger charge is 2.08. The molecule has 0 aliphatic rings. The third-order valence-corrected chi connectivity index (χ3v) is 3.56. The maximum atomic E-state index is 5.89. The SMILES string of the molecule is Cc1cnc(NC(C)c2ccc(Cl)s2)nc1. The van der Waals surface area contributed by atoms with Gasteiger partial charge in [-0.25, -0.2) is 9.97 Å². The summed E-state index contributed by atoms with van der Waals surface area (Å²) >= 11 is 7.45. The molecule has 0 aliphatic carbocycles. The van der Waals surface area contributed by atoms with Gasteiger partial charge in [0.2, 0.25) is 5.95 Å². The molecule has 2 heterocycles. The molecule has 0 saturated heterocycles. The molecule has 1 unspecified atom stereocenters. The third-order valence-electron chi connectivity index (χ3n) is 2.15. The van der Waals surface area contributed by atoms with Crippen molar-refractivity contribution in [2.24, 2.45) is 0 Å². The Morgan fingerprint density at radius 3 is 2.56 bits per heavy atom. The van der Waals surface area contributed by atoms with Gasteiger partial charge in [-0.3, -0.25) is 0 Å². The molecule has 1 N–H and O–H groups in total. The molecule has 0 bridgehead atoms. The first-order valence-electron chi connectivity index (χ1n) is 4.95. The first-order chi connectivity index (χ1) is 7.65. The van der Waals surface area contributed by atoms with Crippen LogP contribution < -0.4 is 5.32 Å². The van der Waals surface area contributed by atoms with E-state index in [1.807, 2.05) is 19.1 Å². The topological polar surface area (TPSA) is 37.8 Å². The lowest BCUT2D eigenvalue weighted by atomic mass is 10.3. The molecule has 2 aromatic heterocycles. The molecule has 0 fully saturated rings. The lowest BCUT2D eigenvalue weighted by Crippen LogP contribution is -2.07. The highest BCUT2D eigenvalue weighted by molar-refractivity contribution is 7.16. The summed E-state index contributed by atoms with van der Waals surface area (Å²) in [6.45, 7) is 4.03. The summed E-state index contributed by atoms with van der Waals surface area (Å²) in [5.41, 5.74) is 1.05. The van der Waals surface area contributed by atoms with Gasteiger partial charge < -0.3 is 5.32 Å². The Balaban J connectivity index is 2.07. The summed E-state index contributed by atoms with van der Waals surface area (Å²) in [6, 6.07) is 4.08. The van der Waals surface area contributed by atoms with Crippen molar-refractivity contribution in [1.82, 2.24) is 9.97 Å². The van der Waals surface area contributed by atoms with Crippen molar-refractivity contribution in [2.75, 3.05) is 5.32 Å². The number of nitrogens with zero attached hydrogens (tertiary/aromatic N) is 2. The molecule has 0 aromatic carbocycles. The lowest BCUT2D eigenvalue weighted by molar-refractivity contribution is 0.878. The quantitative estimate of drug-likeness (QED) is 0.907. The van der Waals surface area contributed by atoms with Crippen molar-refractivity contribution in [3.63, 3.8) is 0 Å². The maximum absolute atomic E-state index is 5.89. The van der Waals surface area contributed by atoms with Crippen molar-refractivity contribution in [2.45, 2.75) is 19.9 Å². The summed E-state index contributed by atoms with van der Waals surface area (Å²) in [7, 11) is 0. The van der Waals surface area contributed by atoms with Crippen LogP contribution in [0.2, 0.25) is 4.34 Å². The normalized spacial score (nSPS) is 12.4. The van der Waals surface area contributed by atoms with Crippen LogP contribution in [0.5, 0.6) is 0 Å². The molecule has 5 heteroatoms. The van der Waals surface area contributed by atoms with Crippen LogP contribution in [0.4, 0.5) is 5.95 Å². The van der Waals surface area contributed by atoms with Gasteiger partial charge in [0.15, 0.2) is 0 Å². The minimum Gasteiger partial charge on any atom is -0.347 e. The molecule has 0 amide bonds. The van der Waals surface area contributed by atoms with Gasteiger partial charge in [-0.1, -0.05) is 11.6 Å². The van der Waals surface area contributed by atoms with Crippen molar-refractivity contribution in [1.29, 1.82) is 0 Å². The van der Waals surface area contributed by atoms with E-state index in [0.717, 1.165) is 9.90 Å². The number of aromatic nitrogens is 2. The van der Waals surface area contributed by atoms with E-state index in [0.29, 0.717) is 5.95 Å². The van der Waals surface area contributed by atoms with Crippen LogP contribution in [0, 0.1) is 6.92 Å². The van der Waals surface area contributed by atoms with Gasteiger partial charge in [0.05, 0.1) is 10.4 Å². The zero-order valence-electron chi connectivity index (χ0n) is 9.07. The Labute approximate surface area is 104 Å². The molecule has 1 atom stereocenters. The number of anilines is 1. The smallest absolute Gasteiger partial charge is 0.223 e. The van der Waals surface area contributed by atoms with Gasteiger partial charge in [0.1, 0.15) is 0 Å². The van der Waals surface area contributed by atoms with E-state index in [1.165, 1.54) is 4.88 Å². The standard InChI is InChI=1S/C11H12ClN3S/c1-7-5-13-11(14-6-7)15-8(2)9-3-4-10(12)16-9/h3-6,8H,1-2H3,(H,13,14,15). The number of thiophene rings is 1. The molecular formula is C11H12ClN3S. The molecule has 3 nitrogen and oxygen atoms in total. The molecule has 84 valence electrons. The van der Waals surface area contributed by atoms with Crippen LogP contribution in [0.1, 0.15) is 23.4 Å². The van der Waals surface area contributed by atoms with Crippen LogP contribution in [-0.2, 0) is 0 Å². The Morgan fingerprint density at radius 1 is 1.31 bits per heavy atom. The van der Waals surface area contributed by atoms with E-state index in [-0.39, 0.29) is 6.04 Å². The zero-order valence-corrected chi connectivity index (χ0v) is 10.6. The number of aryl methyl sites for hydroxylation is 1. The Bertz CT molecular complexity index is 466. The van der Waals surface area contributed by atoms with Crippen LogP contribution in [0.3, 0.4) is 0 Å². The van der Waals surface area contributed by atoms with Gasteiger partial charge >= 0.3 is 0 Å². The first-order valence-corrected chi connectivity index (χ1v) is 6.15. The Hall–Kier alpha value is -1.13. The van der Waals surface area contributed by atoms with E-state index >= 15 is 0 Å². The molecule has 2 aromatic rings. The number of halogens is 1. The van der Waals surface area contributed by atoms with E-state index in [4.69, 9.17) is 11.6 Å². The predicted molar refractivity (Wildman–Crippen MR) is 68.1 cm³/mol. The predicted octanol–water partition coefficient (Wildman–Crippen LogP) is 3.67. The summed E-state index contributed by atoms with van der Waals surface area (Å²) in [6.07, 6.45) is 3.59. The van der Waals surface area contributed by atoms with Crippen molar-refractivity contribution < 1.29 is 0 Å². The summed E-state index contributed by atoms with van der Waals surface area (Å²) in [5.74, 6) is 0.641. The van der Waals surface area contributed by atoms with E-state index in [1.54, 1.807) is 23.7 Å². The second-order valence-corrected chi connectivity index (χ2v) is 5.34. The summed E-state index contributed by atoms with van der Waals surface area (Å²) in [5, 5.41) is 3.23. The van der Waals surface area contributed by atoms with Crippen LogP contribution in [0.25, 0.3) is 0 Å². The van der Waals surface area contributed by atoms with Crippen molar-refractivity contribution in [3.05, 3.63) is 39.3 Å². The number of hydrogen-bond donors (Lipinski definition) is 1. The molecule has 0 saturated carbocycles. The lowest BCUT2D eigenvalue weighted by Gasteiger charge is -2.11. The highest BCUT2D eigenvalue weighted by atomic mass is 35.5. The molecular weight excluding hydrogens is 242 g/mol.